The van der Waals surface area contributed by atoms with Gasteiger partial charge in [-0.25, -0.2) is 8.78 Å². The molecule has 1 rings (SSSR count). The van der Waals surface area contributed by atoms with E-state index < -0.39 is 6.43 Å². The molecule has 0 saturated heterocycles. The average molecular weight is 282 g/mol. The maximum absolute atomic E-state index is 11.8. The van der Waals surface area contributed by atoms with E-state index in [0.29, 0.717) is 6.42 Å². The van der Waals surface area contributed by atoms with Crippen molar-refractivity contribution in [2.24, 2.45) is 0 Å². The van der Waals surface area contributed by atoms with E-state index in [1.54, 1.807) is 0 Å². The summed E-state index contributed by atoms with van der Waals surface area (Å²) in [6, 6.07) is 7.65. The lowest BCUT2D eigenvalue weighted by Gasteiger charge is -2.00. The summed E-state index contributed by atoms with van der Waals surface area (Å²) in [6.07, 6.45) is -1.76. The highest BCUT2D eigenvalue weighted by Gasteiger charge is 2.02. The van der Waals surface area contributed by atoms with Gasteiger partial charge in [0.2, 0.25) is 6.43 Å². The number of halogens is 3. The summed E-state index contributed by atoms with van der Waals surface area (Å²) in [5, 5.41) is 0. The van der Waals surface area contributed by atoms with Crippen molar-refractivity contribution in [1.82, 2.24) is 0 Å². The van der Waals surface area contributed by atoms with Gasteiger partial charge in [-0.05, 0) is 46.7 Å². The van der Waals surface area contributed by atoms with Crippen LogP contribution in [0.2, 0.25) is 0 Å². The van der Waals surface area contributed by atoms with Gasteiger partial charge < -0.3 is 0 Å². The van der Waals surface area contributed by atoms with Crippen molar-refractivity contribution in [3.05, 3.63) is 33.4 Å². The summed E-state index contributed by atoms with van der Waals surface area (Å²) < 4.78 is 24.7. The molecular weight excluding hydrogens is 273 g/mol. The summed E-state index contributed by atoms with van der Waals surface area (Å²) >= 11 is 2.19. The first-order chi connectivity index (χ1) is 5.68. The Bertz CT molecular complexity index is 231. The molecule has 1 aromatic rings. The predicted molar refractivity (Wildman–Crippen MR) is 53.5 cm³/mol. The van der Waals surface area contributed by atoms with Crippen LogP contribution in [0, 0.1) is 3.57 Å². The van der Waals surface area contributed by atoms with Crippen molar-refractivity contribution < 1.29 is 8.78 Å². The quantitative estimate of drug-likeness (QED) is 0.744. The lowest BCUT2D eigenvalue weighted by molar-refractivity contribution is 0.138. The minimum atomic E-state index is -2.19. The summed E-state index contributed by atoms with van der Waals surface area (Å²) in [5.74, 6) is 0. The van der Waals surface area contributed by atoms with Crippen LogP contribution in [-0.4, -0.2) is 6.43 Å². The van der Waals surface area contributed by atoms with Crippen LogP contribution in [0.4, 0.5) is 8.78 Å². The summed E-state index contributed by atoms with van der Waals surface area (Å²) in [6.45, 7) is 0. The third-order valence-electron chi connectivity index (χ3n) is 1.56. The first-order valence-electron chi connectivity index (χ1n) is 3.71. The van der Waals surface area contributed by atoms with Crippen LogP contribution in [0.15, 0.2) is 24.3 Å². The van der Waals surface area contributed by atoms with E-state index >= 15 is 0 Å². The Labute approximate surface area is 84.1 Å². The second-order valence-electron chi connectivity index (χ2n) is 2.56. The second-order valence-corrected chi connectivity index (χ2v) is 3.80. The summed E-state index contributed by atoms with van der Waals surface area (Å²) in [5.41, 5.74) is 0.982. The summed E-state index contributed by atoms with van der Waals surface area (Å²) in [7, 11) is 0. The van der Waals surface area contributed by atoms with Crippen molar-refractivity contribution >= 4 is 22.6 Å². The van der Waals surface area contributed by atoms with Gasteiger partial charge in [0.25, 0.3) is 0 Å². The van der Waals surface area contributed by atoms with Crippen molar-refractivity contribution in [3.8, 4) is 0 Å². The largest absolute Gasteiger partial charge is 0.239 e. The fourth-order valence-corrected chi connectivity index (χ4v) is 1.29. The van der Waals surface area contributed by atoms with Crippen molar-refractivity contribution in [3.63, 3.8) is 0 Å². The third-order valence-corrected chi connectivity index (χ3v) is 2.28. The third kappa shape index (κ3) is 3.47. The normalized spacial score (nSPS) is 10.7. The maximum atomic E-state index is 11.8. The van der Waals surface area contributed by atoms with E-state index in [0.717, 1.165) is 9.13 Å². The zero-order chi connectivity index (χ0) is 8.97. The summed E-state index contributed by atoms with van der Waals surface area (Å²) in [4.78, 5) is 0. The molecule has 0 atom stereocenters. The molecule has 0 fully saturated rings. The van der Waals surface area contributed by atoms with E-state index in [-0.39, 0.29) is 6.42 Å². The Kier molecular flexibility index (Phi) is 3.91. The Balaban J connectivity index is 2.48. The van der Waals surface area contributed by atoms with Gasteiger partial charge in [0, 0.05) is 9.99 Å². The van der Waals surface area contributed by atoms with Gasteiger partial charge in [0.1, 0.15) is 0 Å². The van der Waals surface area contributed by atoms with E-state index in [4.69, 9.17) is 0 Å². The fourth-order valence-electron chi connectivity index (χ4n) is 0.927. The Morgan fingerprint density at radius 3 is 2.25 bits per heavy atom. The number of rotatable bonds is 3. The molecule has 0 unspecified atom stereocenters. The predicted octanol–water partition coefficient (Wildman–Crippen LogP) is 3.49. The van der Waals surface area contributed by atoms with Gasteiger partial charge in [-0.15, -0.1) is 0 Å². The SMILES string of the molecule is FC(F)CCc1ccc(I)cc1. The molecular formula is C9H9F2I. The molecule has 0 nitrogen and oxygen atoms in total. The topological polar surface area (TPSA) is 0 Å². The molecule has 0 bridgehead atoms. The van der Waals surface area contributed by atoms with Gasteiger partial charge in [0.05, 0.1) is 0 Å². The smallest absolute Gasteiger partial charge is 0.211 e. The van der Waals surface area contributed by atoms with E-state index in [1.807, 2.05) is 24.3 Å². The number of aryl methyl sites for hydroxylation is 1. The molecule has 12 heavy (non-hydrogen) atoms. The van der Waals surface area contributed by atoms with Crippen LogP contribution in [0.1, 0.15) is 12.0 Å². The van der Waals surface area contributed by atoms with E-state index in [1.165, 1.54) is 0 Å². The van der Waals surface area contributed by atoms with Gasteiger partial charge in [-0.3, -0.25) is 0 Å². The lowest BCUT2D eigenvalue weighted by Crippen LogP contribution is -1.93. The fraction of sp³-hybridized carbons (Fsp3) is 0.333. The van der Waals surface area contributed by atoms with Gasteiger partial charge in [-0.2, -0.15) is 0 Å². The molecule has 0 amide bonds. The Hall–Kier alpha value is -0.190. The zero-order valence-corrected chi connectivity index (χ0v) is 8.59. The van der Waals surface area contributed by atoms with Crippen LogP contribution in [0.25, 0.3) is 0 Å². The molecule has 0 aliphatic carbocycles. The van der Waals surface area contributed by atoms with Crippen LogP contribution < -0.4 is 0 Å². The number of hydrogen-bond acceptors (Lipinski definition) is 0. The average Bonchev–Trinajstić information content (AvgIpc) is 2.03. The first-order valence-corrected chi connectivity index (χ1v) is 4.79. The van der Waals surface area contributed by atoms with Crippen LogP contribution in [0.3, 0.4) is 0 Å². The molecule has 0 spiro atoms. The van der Waals surface area contributed by atoms with Gasteiger partial charge in [-0.1, -0.05) is 12.1 Å². The van der Waals surface area contributed by atoms with Crippen molar-refractivity contribution in [1.29, 1.82) is 0 Å². The van der Waals surface area contributed by atoms with E-state index in [2.05, 4.69) is 22.6 Å². The van der Waals surface area contributed by atoms with Gasteiger partial charge in [0.15, 0.2) is 0 Å². The molecule has 3 heteroatoms. The number of hydrogen-bond donors (Lipinski definition) is 0. The standard InChI is InChI=1S/C9H9F2I/c10-9(11)6-3-7-1-4-8(12)5-2-7/h1-2,4-5,9H,3,6H2. The first kappa shape index (κ1) is 9.89. The molecule has 0 saturated carbocycles. The van der Waals surface area contributed by atoms with E-state index in [9.17, 15) is 8.78 Å². The monoisotopic (exact) mass is 282 g/mol. The van der Waals surface area contributed by atoms with Crippen molar-refractivity contribution in [2.75, 3.05) is 0 Å². The zero-order valence-electron chi connectivity index (χ0n) is 6.43. The van der Waals surface area contributed by atoms with Gasteiger partial charge >= 0.3 is 0 Å². The molecule has 0 aromatic heterocycles. The highest BCUT2D eigenvalue weighted by Crippen LogP contribution is 2.10. The molecule has 1 aromatic carbocycles. The molecule has 0 aliphatic heterocycles. The molecule has 66 valence electrons. The maximum Gasteiger partial charge on any atom is 0.239 e. The van der Waals surface area contributed by atoms with Crippen LogP contribution in [0.5, 0.6) is 0 Å². The number of alkyl halides is 2. The Morgan fingerprint density at radius 1 is 1.17 bits per heavy atom. The minimum Gasteiger partial charge on any atom is -0.211 e. The molecule has 0 heterocycles. The van der Waals surface area contributed by atoms with Crippen LogP contribution >= 0.6 is 22.6 Å². The number of benzene rings is 1. The second kappa shape index (κ2) is 4.74. The minimum absolute atomic E-state index is 0.0411. The highest BCUT2D eigenvalue weighted by molar-refractivity contribution is 14.1. The molecule has 0 radical (unpaired) electrons. The van der Waals surface area contributed by atoms with Crippen LogP contribution in [-0.2, 0) is 6.42 Å². The van der Waals surface area contributed by atoms with Crippen molar-refractivity contribution in [2.45, 2.75) is 19.3 Å². The lowest BCUT2D eigenvalue weighted by atomic mass is 10.1. The molecule has 0 N–H and O–H groups in total. The Morgan fingerprint density at radius 2 is 1.75 bits per heavy atom. The highest BCUT2D eigenvalue weighted by atomic mass is 127. The molecule has 0 aliphatic rings.